The molecule has 2 heterocycles. The van der Waals surface area contributed by atoms with Gasteiger partial charge in [0.05, 0.1) is 12.6 Å². The number of methoxy groups -OCH3 is 1. The molecule has 0 bridgehead atoms. The standard InChI is InChI=1S/C15H16F2N2O/c1-20-14-4-7-18-13-3-2-11(10-12(13)14)19-8-5-15(16,17)6-9-19/h2-4,7,10H,5-6,8-9H2,1H3. The Morgan fingerprint density at radius 3 is 2.65 bits per heavy atom. The molecule has 0 aliphatic carbocycles. The van der Waals surface area contributed by atoms with Crippen molar-refractivity contribution < 1.29 is 13.5 Å². The lowest BCUT2D eigenvalue weighted by Crippen LogP contribution is -2.39. The Hall–Kier alpha value is -1.91. The van der Waals surface area contributed by atoms with E-state index in [2.05, 4.69) is 4.98 Å². The number of anilines is 1. The molecular formula is C15H16F2N2O. The minimum absolute atomic E-state index is 0.0881. The van der Waals surface area contributed by atoms with Crippen molar-refractivity contribution in [2.75, 3.05) is 25.1 Å². The third-order valence-electron chi connectivity index (χ3n) is 3.77. The fraction of sp³-hybridized carbons (Fsp3) is 0.400. The molecule has 0 radical (unpaired) electrons. The SMILES string of the molecule is COc1ccnc2ccc(N3CCC(F)(F)CC3)cc12. The van der Waals surface area contributed by atoms with E-state index in [1.54, 1.807) is 19.4 Å². The second-order valence-corrected chi connectivity index (χ2v) is 5.06. The summed E-state index contributed by atoms with van der Waals surface area (Å²) in [6, 6.07) is 7.60. The lowest BCUT2D eigenvalue weighted by atomic mass is 10.1. The van der Waals surface area contributed by atoms with Gasteiger partial charge in [0.25, 0.3) is 5.92 Å². The van der Waals surface area contributed by atoms with Crippen molar-refractivity contribution in [3.05, 3.63) is 30.5 Å². The van der Waals surface area contributed by atoms with Crippen LogP contribution in [0.25, 0.3) is 10.9 Å². The number of benzene rings is 1. The zero-order valence-corrected chi connectivity index (χ0v) is 11.3. The zero-order chi connectivity index (χ0) is 14.2. The molecule has 0 unspecified atom stereocenters. The number of rotatable bonds is 2. The molecule has 1 aromatic carbocycles. The number of pyridine rings is 1. The number of fused-ring (bicyclic) bond motifs is 1. The van der Waals surface area contributed by atoms with E-state index in [1.807, 2.05) is 23.1 Å². The molecule has 0 N–H and O–H groups in total. The molecule has 0 saturated carbocycles. The number of hydrogen-bond donors (Lipinski definition) is 0. The Kier molecular flexibility index (Phi) is 3.20. The molecule has 1 fully saturated rings. The van der Waals surface area contributed by atoms with Gasteiger partial charge in [0, 0.05) is 43.2 Å². The van der Waals surface area contributed by atoms with E-state index in [1.165, 1.54) is 0 Å². The van der Waals surface area contributed by atoms with Crippen molar-refractivity contribution >= 4 is 16.6 Å². The number of aromatic nitrogens is 1. The van der Waals surface area contributed by atoms with Gasteiger partial charge in [0.2, 0.25) is 0 Å². The van der Waals surface area contributed by atoms with Gasteiger partial charge in [0.15, 0.2) is 0 Å². The first-order valence-electron chi connectivity index (χ1n) is 6.65. The highest BCUT2D eigenvalue weighted by atomic mass is 19.3. The number of ether oxygens (including phenoxy) is 1. The first-order valence-corrected chi connectivity index (χ1v) is 6.65. The van der Waals surface area contributed by atoms with E-state index in [0.717, 1.165) is 22.3 Å². The summed E-state index contributed by atoms with van der Waals surface area (Å²) in [6.07, 6.45) is 1.52. The number of nitrogens with zero attached hydrogens (tertiary/aromatic N) is 2. The predicted molar refractivity (Wildman–Crippen MR) is 74.7 cm³/mol. The van der Waals surface area contributed by atoms with Crippen molar-refractivity contribution in [3.8, 4) is 5.75 Å². The van der Waals surface area contributed by atoms with Crippen LogP contribution >= 0.6 is 0 Å². The van der Waals surface area contributed by atoms with E-state index in [4.69, 9.17) is 4.74 Å². The van der Waals surface area contributed by atoms with Gasteiger partial charge in [-0.05, 0) is 24.3 Å². The molecule has 1 aromatic heterocycles. The van der Waals surface area contributed by atoms with Gasteiger partial charge in [-0.15, -0.1) is 0 Å². The van der Waals surface area contributed by atoms with Crippen LogP contribution in [0, 0.1) is 0 Å². The highest BCUT2D eigenvalue weighted by molar-refractivity contribution is 5.88. The summed E-state index contributed by atoms with van der Waals surface area (Å²) in [5, 5.41) is 0.907. The fourth-order valence-corrected chi connectivity index (χ4v) is 2.58. The smallest absolute Gasteiger partial charge is 0.251 e. The first kappa shape index (κ1) is 13.1. The Balaban J connectivity index is 1.93. The van der Waals surface area contributed by atoms with Crippen LogP contribution in [0.2, 0.25) is 0 Å². The van der Waals surface area contributed by atoms with Gasteiger partial charge < -0.3 is 9.64 Å². The minimum atomic E-state index is -2.52. The number of alkyl halides is 2. The summed E-state index contributed by atoms with van der Waals surface area (Å²) in [4.78, 5) is 6.27. The predicted octanol–water partition coefficient (Wildman–Crippen LogP) is 3.48. The maximum absolute atomic E-state index is 13.2. The lowest BCUT2D eigenvalue weighted by Gasteiger charge is -2.33. The number of hydrogen-bond acceptors (Lipinski definition) is 3. The third-order valence-corrected chi connectivity index (χ3v) is 3.77. The normalized spacial score (nSPS) is 18.2. The molecule has 106 valence electrons. The molecule has 1 aliphatic heterocycles. The van der Waals surface area contributed by atoms with Crippen LogP contribution in [0.3, 0.4) is 0 Å². The molecule has 0 amide bonds. The van der Waals surface area contributed by atoms with E-state index in [9.17, 15) is 8.78 Å². The van der Waals surface area contributed by atoms with Crippen molar-refractivity contribution in [1.82, 2.24) is 4.98 Å². The van der Waals surface area contributed by atoms with Crippen LogP contribution < -0.4 is 9.64 Å². The fourth-order valence-electron chi connectivity index (χ4n) is 2.58. The molecule has 0 spiro atoms. The van der Waals surface area contributed by atoms with Gasteiger partial charge in [-0.3, -0.25) is 4.98 Å². The summed E-state index contributed by atoms with van der Waals surface area (Å²) >= 11 is 0. The second-order valence-electron chi connectivity index (χ2n) is 5.06. The maximum atomic E-state index is 13.2. The van der Waals surface area contributed by atoms with Gasteiger partial charge in [-0.2, -0.15) is 0 Å². The van der Waals surface area contributed by atoms with Gasteiger partial charge in [0.1, 0.15) is 5.75 Å². The van der Waals surface area contributed by atoms with Gasteiger partial charge >= 0.3 is 0 Å². The van der Waals surface area contributed by atoms with E-state index in [-0.39, 0.29) is 12.8 Å². The highest BCUT2D eigenvalue weighted by Crippen LogP contribution is 2.33. The second kappa shape index (κ2) is 4.89. The Labute approximate surface area is 116 Å². The summed E-state index contributed by atoms with van der Waals surface area (Å²) < 4.78 is 31.7. The minimum Gasteiger partial charge on any atom is -0.496 e. The van der Waals surface area contributed by atoms with E-state index < -0.39 is 5.92 Å². The Bertz CT molecular complexity index is 620. The summed E-state index contributed by atoms with van der Waals surface area (Å²) in [5.41, 5.74) is 1.79. The van der Waals surface area contributed by atoms with Crippen LogP contribution in [0.15, 0.2) is 30.5 Å². The third kappa shape index (κ3) is 2.40. The molecular weight excluding hydrogens is 262 g/mol. The monoisotopic (exact) mass is 278 g/mol. The molecule has 3 rings (SSSR count). The maximum Gasteiger partial charge on any atom is 0.251 e. The van der Waals surface area contributed by atoms with Crippen molar-refractivity contribution in [2.45, 2.75) is 18.8 Å². The molecule has 5 heteroatoms. The zero-order valence-electron chi connectivity index (χ0n) is 11.3. The lowest BCUT2D eigenvalue weighted by molar-refractivity contribution is -0.0220. The Morgan fingerprint density at radius 2 is 1.95 bits per heavy atom. The first-order chi connectivity index (χ1) is 9.59. The van der Waals surface area contributed by atoms with E-state index in [0.29, 0.717) is 13.1 Å². The summed E-state index contributed by atoms with van der Waals surface area (Å²) in [5.74, 6) is -1.77. The molecule has 20 heavy (non-hydrogen) atoms. The molecule has 2 aromatic rings. The molecule has 0 atom stereocenters. The highest BCUT2D eigenvalue weighted by Gasteiger charge is 2.34. The molecule has 1 saturated heterocycles. The van der Waals surface area contributed by atoms with Crippen LogP contribution in [-0.4, -0.2) is 31.1 Å². The number of halogens is 2. The van der Waals surface area contributed by atoms with Crippen LogP contribution in [0.5, 0.6) is 5.75 Å². The topological polar surface area (TPSA) is 25.4 Å². The largest absolute Gasteiger partial charge is 0.496 e. The van der Waals surface area contributed by atoms with Crippen molar-refractivity contribution in [1.29, 1.82) is 0 Å². The quantitative estimate of drug-likeness (QED) is 0.841. The van der Waals surface area contributed by atoms with Gasteiger partial charge in [-0.25, -0.2) is 8.78 Å². The van der Waals surface area contributed by atoms with Crippen molar-refractivity contribution in [3.63, 3.8) is 0 Å². The van der Waals surface area contributed by atoms with Crippen molar-refractivity contribution in [2.24, 2.45) is 0 Å². The summed E-state index contributed by atoms with van der Waals surface area (Å²) in [6.45, 7) is 0.752. The van der Waals surface area contributed by atoms with Gasteiger partial charge in [-0.1, -0.05) is 0 Å². The summed E-state index contributed by atoms with van der Waals surface area (Å²) in [7, 11) is 1.61. The van der Waals surface area contributed by atoms with Crippen LogP contribution in [-0.2, 0) is 0 Å². The number of piperidine rings is 1. The average molecular weight is 278 g/mol. The molecule has 1 aliphatic rings. The van der Waals surface area contributed by atoms with Crippen LogP contribution in [0.4, 0.5) is 14.5 Å². The van der Waals surface area contributed by atoms with Crippen LogP contribution in [0.1, 0.15) is 12.8 Å². The average Bonchev–Trinajstić information content (AvgIpc) is 2.46. The van der Waals surface area contributed by atoms with E-state index >= 15 is 0 Å². The molecule has 3 nitrogen and oxygen atoms in total. The Morgan fingerprint density at radius 1 is 1.20 bits per heavy atom.